The summed E-state index contributed by atoms with van der Waals surface area (Å²) in [7, 11) is 0. The third-order valence-electron chi connectivity index (χ3n) is 13.3. The number of hydrogen-bond acceptors (Lipinski definition) is 15. The van der Waals surface area contributed by atoms with Crippen molar-refractivity contribution in [2.75, 3.05) is 37.7 Å². The van der Waals surface area contributed by atoms with Crippen LogP contribution >= 0.6 is 0 Å². The molecule has 1 amide bonds. The van der Waals surface area contributed by atoms with E-state index in [0.29, 0.717) is 72.5 Å². The van der Waals surface area contributed by atoms with Crippen molar-refractivity contribution in [3.8, 4) is 5.75 Å². The van der Waals surface area contributed by atoms with Gasteiger partial charge in [0.25, 0.3) is 0 Å². The van der Waals surface area contributed by atoms with Crippen LogP contribution in [0.2, 0.25) is 0 Å². The van der Waals surface area contributed by atoms with Gasteiger partial charge in [0, 0.05) is 60.9 Å². The molecule has 1 aliphatic carbocycles. The third kappa shape index (κ3) is 6.84. The molecule has 1 spiro atoms. The van der Waals surface area contributed by atoms with Crippen LogP contribution in [0.5, 0.6) is 5.75 Å². The van der Waals surface area contributed by atoms with Crippen LogP contribution in [0.3, 0.4) is 0 Å². The highest BCUT2D eigenvalue weighted by atomic mass is 17.2. The number of rotatable bonds is 13. The van der Waals surface area contributed by atoms with Crippen LogP contribution in [-0.2, 0) is 21.0 Å². The zero-order chi connectivity index (χ0) is 41.2. The first-order valence-electron chi connectivity index (χ1n) is 20.6. The monoisotopic (exact) mass is 813 g/mol. The lowest BCUT2D eigenvalue weighted by Gasteiger charge is -2.49. The minimum atomic E-state index is -2.40. The van der Waals surface area contributed by atoms with Gasteiger partial charge in [0.15, 0.2) is 16.8 Å². The van der Waals surface area contributed by atoms with Crippen LogP contribution in [-0.4, -0.2) is 122 Å². The molecule has 1 aromatic carbocycles. The van der Waals surface area contributed by atoms with Gasteiger partial charge in [-0.2, -0.15) is 0 Å². The number of allylic oxidation sites excluding steroid dienone is 2. The van der Waals surface area contributed by atoms with E-state index in [2.05, 4.69) is 27.1 Å². The van der Waals surface area contributed by atoms with Gasteiger partial charge in [-0.3, -0.25) is 19.6 Å². The molecule has 1 saturated carbocycles. The first-order chi connectivity index (χ1) is 28.4. The van der Waals surface area contributed by atoms with E-state index in [9.17, 15) is 35.1 Å². The lowest BCUT2D eigenvalue weighted by molar-refractivity contribution is -0.369. The predicted octanol–water partition coefficient (Wildman–Crippen LogP) is 1.84. The van der Waals surface area contributed by atoms with Gasteiger partial charge in [-0.05, 0) is 75.2 Å². The van der Waals surface area contributed by atoms with Gasteiger partial charge in [-0.15, -0.1) is 0 Å². The van der Waals surface area contributed by atoms with Crippen molar-refractivity contribution in [2.45, 2.75) is 100 Å². The quantitative estimate of drug-likeness (QED) is 0.126. The minimum absolute atomic E-state index is 0.0170. The van der Waals surface area contributed by atoms with Gasteiger partial charge in [0.2, 0.25) is 5.91 Å². The predicted molar refractivity (Wildman–Crippen MR) is 216 cm³/mol. The van der Waals surface area contributed by atoms with E-state index in [1.54, 1.807) is 48.6 Å². The van der Waals surface area contributed by atoms with E-state index in [1.165, 1.54) is 6.07 Å². The largest absolute Gasteiger partial charge is 0.482 e. The van der Waals surface area contributed by atoms with Crippen LogP contribution < -0.4 is 20.4 Å². The first-order valence-corrected chi connectivity index (χ1v) is 20.6. The zero-order valence-corrected chi connectivity index (χ0v) is 33.1. The third-order valence-corrected chi connectivity index (χ3v) is 13.3. The number of anilines is 1. The molecule has 314 valence electrons. The second kappa shape index (κ2) is 15.4. The van der Waals surface area contributed by atoms with Gasteiger partial charge in [-0.25, -0.2) is 9.78 Å². The van der Waals surface area contributed by atoms with Crippen molar-refractivity contribution in [1.29, 1.82) is 0 Å². The Bertz CT molecular complexity index is 2280. The van der Waals surface area contributed by atoms with E-state index in [0.717, 1.165) is 35.5 Å². The summed E-state index contributed by atoms with van der Waals surface area (Å²) in [6, 6.07) is 2.91. The van der Waals surface area contributed by atoms with E-state index in [-0.39, 0.29) is 42.2 Å². The molecule has 16 heteroatoms. The van der Waals surface area contributed by atoms with Gasteiger partial charge >= 0.3 is 0 Å². The Morgan fingerprint density at radius 1 is 1.12 bits per heavy atom. The molecule has 9 rings (SSSR count). The number of β-amino-alcohol motifs (C(OH)–C–C–N with tert-alkyl or cyclic N) is 1. The Labute approximate surface area is 340 Å². The summed E-state index contributed by atoms with van der Waals surface area (Å²) in [5.41, 5.74) is 1.87. The number of aliphatic hydroxyl groups excluding tert-OH is 4. The standard InChI is InChI=1S/C43H51N5O11/c1-3-31-27-6-10-45-30(27)19-48(31)38-39-25(14-28-33(50)13-23(2)57-40(28)38)15-36(42(58-39)9-4-5-24(17-42)26-16-37(53)46-18-26)59-56-21-35(52)43(55,41(54)34(51)20-49)22-47-12-8-29-32(47)7-11-44-29/h6-8,10-14,24,26,32,34-36,41,49,51-52,54-55H,3-5,9,15-22H2,1-2H3,(H,46,53)/t24-,26-,32?,34-,35+,36-,41-,42+,43-/m1/s1. The molecule has 1 unspecified atom stereocenters. The zero-order valence-electron chi connectivity index (χ0n) is 33.1. The average molecular weight is 814 g/mol. The average Bonchev–Trinajstić information content (AvgIpc) is 4.07. The normalized spacial score (nSPS) is 29.4. The molecular weight excluding hydrogens is 762 g/mol. The maximum atomic E-state index is 13.7. The van der Waals surface area contributed by atoms with Crippen molar-refractivity contribution < 1.29 is 49.3 Å². The minimum Gasteiger partial charge on any atom is -0.482 e. The van der Waals surface area contributed by atoms with Gasteiger partial charge < -0.3 is 49.8 Å². The number of aliphatic hydroxyl groups is 5. The second-order valence-corrected chi connectivity index (χ2v) is 16.9. The summed E-state index contributed by atoms with van der Waals surface area (Å²) in [6.45, 7) is 3.02. The highest BCUT2D eigenvalue weighted by Gasteiger charge is 2.54. The number of amides is 1. The maximum absolute atomic E-state index is 13.7. The number of aryl methyl sites for hydroxylation is 1. The van der Waals surface area contributed by atoms with Crippen LogP contribution in [0.15, 0.2) is 79.4 Å². The second-order valence-electron chi connectivity index (χ2n) is 16.9. The highest BCUT2D eigenvalue weighted by molar-refractivity contribution is 6.13. The summed E-state index contributed by atoms with van der Waals surface area (Å²) in [5, 5.41) is 58.2. The molecule has 2 aromatic rings. The molecule has 16 nitrogen and oxygen atoms in total. The molecule has 6 aliphatic heterocycles. The molecule has 59 heavy (non-hydrogen) atoms. The van der Waals surface area contributed by atoms with Gasteiger partial charge in [0.05, 0.1) is 42.5 Å². The summed E-state index contributed by atoms with van der Waals surface area (Å²) >= 11 is 0. The lowest BCUT2D eigenvalue weighted by Crippen LogP contribution is -2.64. The molecule has 6 N–H and O–H groups in total. The summed E-state index contributed by atoms with van der Waals surface area (Å²) in [6.07, 6.45) is 8.42. The fourth-order valence-corrected chi connectivity index (χ4v) is 10.2. The number of carbonyl (C=O) groups is 1. The van der Waals surface area contributed by atoms with Crippen molar-refractivity contribution in [3.63, 3.8) is 0 Å². The van der Waals surface area contributed by atoms with Gasteiger partial charge in [-0.1, -0.05) is 6.92 Å². The Balaban J connectivity index is 1.06. The Morgan fingerprint density at radius 3 is 2.75 bits per heavy atom. The Morgan fingerprint density at radius 2 is 1.97 bits per heavy atom. The number of fused-ring (bicyclic) bond motifs is 4. The fraction of sp³-hybridized carbons (Fsp3) is 0.535. The smallest absolute Gasteiger partial charge is 0.220 e. The number of aliphatic imine (C=N–C) groups is 2. The molecule has 0 bridgehead atoms. The van der Waals surface area contributed by atoms with E-state index < -0.39 is 48.8 Å². The Kier molecular flexibility index (Phi) is 10.4. The van der Waals surface area contributed by atoms with E-state index in [4.69, 9.17) is 18.9 Å². The number of carbonyl (C=O) groups excluding carboxylic acids is 1. The molecule has 1 saturated heterocycles. The van der Waals surface area contributed by atoms with Crippen LogP contribution in [0.4, 0.5) is 5.69 Å². The molecule has 9 atom stereocenters. The van der Waals surface area contributed by atoms with Crippen LogP contribution in [0.25, 0.3) is 11.0 Å². The summed E-state index contributed by atoms with van der Waals surface area (Å²) in [5.74, 6) is 1.26. The number of nitrogens with zero attached hydrogens (tertiary/aromatic N) is 4. The maximum Gasteiger partial charge on any atom is 0.220 e. The van der Waals surface area contributed by atoms with Crippen molar-refractivity contribution in [2.24, 2.45) is 21.8 Å². The summed E-state index contributed by atoms with van der Waals surface area (Å²) < 4.78 is 13.7. The lowest BCUT2D eigenvalue weighted by atomic mass is 9.68. The molecule has 0 radical (unpaired) electrons. The van der Waals surface area contributed by atoms with Crippen LogP contribution in [0, 0.1) is 18.8 Å². The van der Waals surface area contributed by atoms with Crippen molar-refractivity contribution in [3.05, 3.63) is 81.8 Å². The SMILES string of the molecule is CCC1=C2C=CN=C2CN1c1c2c(cc3c(=O)cc(C)oc13)C[C@@H](OOC[C@H](O)[C@](O)(CN1C=CC3=NC=CC31)[C@H](O)[C@H](O)CO)[C@@]1(CCC[C@@H]([C@H]3CNC(=O)C3)C1)O2. The first kappa shape index (κ1) is 39.8. The van der Waals surface area contributed by atoms with E-state index in [1.807, 2.05) is 6.08 Å². The highest BCUT2D eigenvalue weighted by Crippen LogP contribution is 2.53. The van der Waals surface area contributed by atoms with Crippen molar-refractivity contribution in [1.82, 2.24) is 10.2 Å². The molecule has 1 aromatic heterocycles. The number of nitrogens with one attached hydrogen (secondary N) is 1. The van der Waals surface area contributed by atoms with E-state index >= 15 is 0 Å². The number of benzene rings is 1. The Hall–Kier alpha value is -4.68. The van der Waals surface area contributed by atoms with Gasteiger partial charge in [0.1, 0.15) is 53.7 Å². The topological polar surface area (TPSA) is 219 Å². The molecular formula is C43H51N5O11. The van der Waals surface area contributed by atoms with Crippen molar-refractivity contribution >= 4 is 34.0 Å². The fourth-order valence-electron chi connectivity index (χ4n) is 10.2. The molecule has 7 heterocycles. The molecule has 2 fully saturated rings. The van der Waals surface area contributed by atoms with Crippen LogP contribution in [0.1, 0.15) is 56.8 Å². The number of hydrogen-bond donors (Lipinski definition) is 6. The molecule has 7 aliphatic rings. The number of ether oxygens (including phenoxy) is 1. The summed E-state index contributed by atoms with van der Waals surface area (Å²) in [4.78, 5) is 50.9.